The highest BCUT2D eigenvalue weighted by Gasteiger charge is 2.42. The largest absolute Gasteiger partial charge is 0.493 e. The van der Waals surface area contributed by atoms with Gasteiger partial charge in [-0.15, -0.1) is 0 Å². The number of hydrogen-bond acceptors (Lipinski definition) is 4. The Kier molecular flexibility index (Phi) is 4.35. The number of hydrogen-bond donors (Lipinski definition) is 1. The Bertz CT molecular complexity index is 832. The molecule has 0 radical (unpaired) electrons. The van der Waals surface area contributed by atoms with Crippen LogP contribution in [0, 0.1) is 0 Å². The molecule has 3 rings (SSSR count). The molecule has 0 aliphatic carbocycles. The SMILES string of the molecule is COc1ccc([C@H]2[C@@H](C(=O)O)c3ccccc3C(=O)N2C)cc1OC. The van der Waals surface area contributed by atoms with Crippen molar-refractivity contribution in [1.29, 1.82) is 0 Å². The summed E-state index contributed by atoms with van der Waals surface area (Å²) in [7, 11) is 4.67. The minimum atomic E-state index is -0.980. The normalized spacial score (nSPS) is 19.3. The monoisotopic (exact) mass is 341 g/mol. The third-order valence-electron chi connectivity index (χ3n) is 4.59. The Morgan fingerprint density at radius 3 is 2.40 bits per heavy atom. The van der Waals surface area contributed by atoms with Crippen LogP contribution in [0.5, 0.6) is 11.5 Å². The van der Waals surface area contributed by atoms with Crippen molar-refractivity contribution < 1.29 is 24.2 Å². The molecule has 2 aromatic carbocycles. The van der Waals surface area contributed by atoms with E-state index in [4.69, 9.17) is 9.47 Å². The van der Waals surface area contributed by atoms with Crippen LogP contribution >= 0.6 is 0 Å². The number of nitrogens with zero attached hydrogens (tertiary/aromatic N) is 1. The fourth-order valence-electron chi connectivity index (χ4n) is 3.39. The fourth-order valence-corrected chi connectivity index (χ4v) is 3.39. The maximum atomic E-state index is 12.7. The molecule has 0 saturated carbocycles. The summed E-state index contributed by atoms with van der Waals surface area (Å²) in [6.07, 6.45) is 0. The van der Waals surface area contributed by atoms with Crippen molar-refractivity contribution in [2.45, 2.75) is 12.0 Å². The lowest BCUT2D eigenvalue weighted by atomic mass is 9.80. The summed E-state index contributed by atoms with van der Waals surface area (Å²) in [5.74, 6) is -1.01. The third-order valence-corrected chi connectivity index (χ3v) is 4.59. The van der Waals surface area contributed by atoms with Crippen LogP contribution in [-0.2, 0) is 4.79 Å². The van der Waals surface area contributed by atoms with Crippen molar-refractivity contribution in [2.24, 2.45) is 0 Å². The standard InChI is InChI=1S/C19H19NO5/c1-20-17(11-8-9-14(24-2)15(10-11)25-3)16(19(22)23)12-6-4-5-7-13(12)18(20)21/h4-10,16-17H,1-3H3,(H,22,23)/t16-,17-/m0/s1. The van der Waals surface area contributed by atoms with Crippen molar-refractivity contribution in [3.8, 4) is 11.5 Å². The fraction of sp³-hybridized carbons (Fsp3) is 0.263. The number of amides is 1. The van der Waals surface area contributed by atoms with Gasteiger partial charge in [-0.1, -0.05) is 24.3 Å². The molecule has 0 spiro atoms. The number of carboxylic acids is 1. The molecule has 0 fully saturated rings. The number of benzene rings is 2. The van der Waals surface area contributed by atoms with E-state index in [1.54, 1.807) is 49.5 Å². The number of methoxy groups -OCH3 is 2. The Labute approximate surface area is 145 Å². The molecule has 1 amide bonds. The molecule has 1 N–H and O–H groups in total. The summed E-state index contributed by atoms with van der Waals surface area (Å²) < 4.78 is 10.6. The van der Waals surface area contributed by atoms with Crippen LogP contribution in [0.25, 0.3) is 0 Å². The van der Waals surface area contributed by atoms with Gasteiger partial charge in [0.1, 0.15) is 5.92 Å². The van der Waals surface area contributed by atoms with Crippen LogP contribution in [0.2, 0.25) is 0 Å². The van der Waals surface area contributed by atoms with Crippen LogP contribution in [0.3, 0.4) is 0 Å². The van der Waals surface area contributed by atoms with Gasteiger partial charge in [0.05, 0.1) is 20.3 Å². The van der Waals surface area contributed by atoms with E-state index < -0.39 is 17.9 Å². The molecule has 2 aromatic rings. The second-order valence-electron chi connectivity index (χ2n) is 5.88. The molecule has 1 aliphatic rings. The second-order valence-corrected chi connectivity index (χ2v) is 5.88. The van der Waals surface area contributed by atoms with Gasteiger partial charge in [-0.3, -0.25) is 9.59 Å². The van der Waals surface area contributed by atoms with E-state index >= 15 is 0 Å². The molecule has 1 aliphatic heterocycles. The lowest BCUT2D eigenvalue weighted by molar-refractivity contribution is -0.140. The number of rotatable bonds is 4. The van der Waals surface area contributed by atoms with Crippen LogP contribution in [0.1, 0.15) is 33.4 Å². The first-order valence-corrected chi connectivity index (χ1v) is 7.80. The summed E-state index contributed by atoms with van der Waals surface area (Å²) in [5, 5.41) is 9.85. The second kappa shape index (κ2) is 6.47. The Hall–Kier alpha value is -3.02. The zero-order valence-electron chi connectivity index (χ0n) is 14.2. The number of fused-ring (bicyclic) bond motifs is 1. The van der Waals surface area contributed by atoms with Crippen molar-refractivity contribution in [1.82, 2.24) is 4.90 Å². The number of carboxylic acid groups (broad SMARTS) is 1. The first-order chi connectivity index (χ1) is 12.0. The van der Waals surface area contributed by atoms with Gasteiger partial charge in [0.25, 0.3) is 5.91 Å². The van der Waals surface area contributed by atoms with Crippen LogP contribution in [-0.4, -0.2) is 43.2 Å². The Balaban J connectivity index is 2.17. The molecule has 1 heterocycles. The van der Waals surface area contributed by atoms with E-state index in [2.05, 4.69) is 0 Å². The van der Waals surface area contributed by atoms with Crippen LogP contribution in [0.15, 0.2) is 42.5 Å². The van der Waals surface area contributed by atoms with E-state index in [0.29, 0.717) is 28.2 Å². The van der Waals surface area contributed by atoms with E-state index in [0.717, 1.165) is 0 Å². The van der Waals surface area contributed by atoms with Gasteiger partial charge < -0.3 is 19.5 Å². The molecule has 6 nitrogen and oxygen atoms in total. The lowest BCUT2D eigenvalue weighted by Gasteiger charge is -2.38. The number of carbonyl (C=O) groups excluding carboxylic acids is 1. The minimum Gasteiger partial charge on any atom is -0.493 e. The highest BCUT2D eigenvalue weighted by atomic mass is 16.5. The number of carbonyl (C=O) groups is 2. The molecule has 25 heavy (non-hydrogen) atoms. The highest BCUT2D eigenvalue weighted by Crippen LogP contribution is 2.43. The van der Waals surface area contributed by atoms with Gasteiger partial charge in [0, 0.05) is 12.6 Å². The first kappa shape index (κ1) is 16.8. The van der Waals surface area contributed by atoms with Gasteiger partial charge >= 0.3 is 5.97 Å². The summed E-state index contributed by atoms with van der Waals surface area (Å²) in [6, 6.07) is 11.4. The Morgan fingerprint density at radius 2 is 1.76 bits per heavy atom. The predicted octanol–water partition coefficient (Wildman–Crippen LogP) is 2.70. The Morgan fingerprint density at radius 1 is 1.08 bits per heavy atom. The summed E-state index contributed by atoms with van der Waals surface area (Å²) in [4.78, 5) is 26.2. The van der Waals surface area contributed by atoms with Crippen LogP contribution in [0.4, 0.5) is 0 Å². The highest BCUT2D eigenvalue weighted by molar-refractivity contribution is 6.00. The van der Waals surface area contributed by atoms with E-state index in [1.165, 1.54) is 19.1 Å². The zero-order chi connectivity index (χ0) is 18.1. The van der Waals surface area contributed by atoms with Crippen molar-refractivity contribution in [3.05, 3.63) is 59.2 Å². The van der Waals surface area contributed by atoms with Gasteiger partial charge in [-0.25, -0.2) is 0 Å². The van der Waals surface area contributed by atoms with Crippen molar-refractivity contribution in [2.75, 3.05) is 21.3 Å². The molecular formula is C19H19NO5. The maximum Gasteiger partial charge on any atom is 0.313 e. The summed E-state index contributed by atoms with van der Waals surface area (Å²) in [5.41, 5.74) is 1.63. The van der Waals surface area contributed by atoms with E-state index in [1.807, 2.05) is 0 Å². The number of likely N-dealkylation sites (N-methyl/N-ethyl adjacent to an activating group) is 1. The molecule has 6 heteroatoms. The maximum absolute atomic E-state index is 12.7. The number of ether oxygens (including phenoxy) is 2. The first-order valence-electron chi connectivity index (χ1n) is 7.80. The molecule has 2 atom stereocenters. The van der Waals surface area contributed by atoms with Crippen molar-refractivity contribution in [3.63, 3.8) is 0 Å². The summed E-state index contributed by atoms with van der Waals surface area (Å²) >= 11 is 0. The third kappa shape index (κ3) is 2.69. The topological polar surface area (TPSA) is 76.1 Å². The van der Waals surface area contributed by atoms with Crippen molar-refractivity contribution >= 4 is 11.9 Å². The average Bonchev–Trinajstić information content (AvgIpc) is 2.63. The van der Waals surface area contributed by atoms with E-state index in [-0.39, 0.29) is 5.91 Å². The number of aliphatic carboxylic acids is 1. The predicted molar refractivity (Wildman–Crippen MR) is 91.2 cm³/mol. The minimum absolute atomic E-state index is 0.201. The molecular weight excluding hydrogens is 322 g/mol. The lowest BCUT2D eigenvalue weighted by Crippen LogP contribution is -2.42. The molecule has 0 bridgehead atoms. The van der Waals surface area contributed by atoms with Gasteiger partial charge in [0.2, 0.25) is 0 Å². The molecule has 130 valence electrons. The van der Waals surface area contributed by atoms with E-state index in [9.17, 15) is 14.7 Å². The zero-order valence-corrected chi connectivity index (χ0v) is 14.2. The smallest absolute Gasteiger partial charge is 0.313 e. The molecule has 0 unspecified atom stereocenters. The van der Waals surface area contributed by atoms with Crippen LogP contribution < -0.4 is 9.47 Å². The van der Waals surface area contributed by atoms with Gasteiger partial charge in [0.15, 0.2) is 11.5 Å². The summed E-state index contributed by atoms with van der Waals surface area (Å²) in [6.45, 7) is 0. The quantitative estimate of drug-likeness (QED) is 0.925. The van der Waals surface area contributed by atoms with Gasteiger partial charge in [-0.2, -0.15) is 0 Å². The molecule has 0 aromatic heterocycles. The van der Waals surface area contributed by atoms with Gasteiger partial charge in [-0.05, 0) is 29.3 Å². The average molecular weight is 341 g/mol. The molecule has 0 saturated heterocycles.